The topological polar surface area (TPSA) is 88.0 Å². The highest BCUT2D eigenvalue weighted by atomic mass is 32.1. The van der Waals surface area contributed by atoms with Gasteiger partial charge in [-0.1, -0.05) is 31.9 Å². The average Bonchev–Trinajstić information content (AvgIpc) is 2.68. The van der Waals surface area contributed by atoms with E-state index in [0.717, 1.165) is 6.42 Å². The van der Waals surface area contributed by atoms with E-state index in [1.54, 1.807) is 10.7 Å². The van der Waals surface area contributed by atoms with E-state index >= 15 is 0 Å². The number of hydrazine groups is 1. The summed E-state index contributed by atoms with van der Waals surface area (Å²) in [5, 5.41) is 8.44. The number of thiocarbonyl (C=S) groups is 1. The Labute approximate surface area is 163 Å². The number of carbonyl (C=O) groups is 1. The molecule has 1 fully saturated rings. The van der Waals surface area contributed by atoms with E-state index < -0.39 is 0 Å². The van der Waals surface area contributed by atoms with Crippen molar-refractivity contribution in [2.75, 3.05) is 0 Å². The normalized spacial score (nSPS) is 19.4. The Balaban J connectivity index is 1.48. The molecule has 1 aliphatic rings. The number of nitrogens with zero attached hydrogens (tertiary/aromatic N) is 2. The highest BCUT2D eigenvalue weighted by Crippen LogP contribution is 2.23. The molecule has 1 aromatic heterocycles. The van der Waals surface area contributed by atoms with Gasteiger partial charge in [0.25, 0.3) is 0 Å². The Hall–Kier alpha value is -2.48. The maximum absolute atomic E-state index is 12.1. The number of fused-ring (bicyclic) bond motifs is 1. The minimum atomic E-state index is -0.194. The number of aromatic nitrogens is 2. The van der Waals surface area contributed by atoms with E-state index in [4.69, 9.17) is 12.2 Å². The number of nitrogens with one attached hydrogen (secondary N) is 3. The average molecular weight is 388 g/mol. The molecule has 27 heavy (non-hydrogen) atoms. The Bertz CT molecular complexity index is 882. The highest BCUT2D eigenvalue weighted by Gasteiger charge is 2.21. The van der Waals surface area contributed by atoms with Crippen LogP contribution in [0.1, 0.15) is 39.0 Å². The zero-order valence-corrected chi connectivity index (χ0v) is 16.2. The van der Waals surface area contributed by atoms with E-state index in [9.17, 15) is 9.59 Å². The fraction of sp³-hybridized carbons (Fsp3) is 0.474. The highest BCUT2D eigenvalue weighted by molar-refractivity contribution is 7.80. The predicted octanol–water partition coefficient (Wildman–Crippen LogP) is 1.86. The summed E-state index contributed by atoms with van der Waals surface area (Å²) in [6.45, 7) is 2.59. The van der Waals surface area contributed by atoms with E-state index in [1.165, 1.54) is 25.5 Å². The van der Waals surface area contributed by atoms with Crippen LogP contribution in [-0.4, -0.2) is 26.8 Å². The van der Waals surface area contributed by atoms with Crippen molar-refractivity contribution in [2.24, 2.45) is 5.92 Å². The van der Waals surface area contributed by atoms with Crippen molar-refractivity contribution in [2.45, 2.75) is 51.6 Å². The predicted molar refractivity (Wildman–Crippen MR) is 109 cm³/mol. The van der Waals surface area contributed by atoms with Gasteiger partial charge in [-0.25, -0.2) is 0 Å². The van der Waals surface area contributed by atoms with E-state index in [-0.39, 0.29) is 17.8 Å². The Morgan fingerprint density at radius 1 is 1.26 bits per heavy atom. The minimum absolute atomic E-state index is 0.124. The minimum Gasteiger partial charge on any atom is -0.358 e. The molecule has 1 aliphatic carbocycles. The van der Waals surface area contributed by atoms with Crippen LogP contribution >= 0.6 is 12.2 Å². The Kier molecular flexibility index (Phi) is 6.39. The SMILES string of the molecule is CC1CCCCC1NC(=S)NNC(=O)CCn1ncc(=O)c2ccccc21. The summed E-state index contributed by atoms with van der Waals surface area (Å²) in [5.41, 5.74) is 5.99. The molecule has 7 nitrogen and oxygen atoms in total. The third-order valence-corrected chi connectivity index (χ3v) is 5.28. The fourth-order valence-corrected chi connectivity index (χ4v) is 3.67. The van der Waals surface area contributed by atoms with Gasteiger partial charge >= 0.3 is 0 Å². The second-order valence-corrected chi connectivity index (χ2v) is 7.42. The maximum Gasteiger partial charge on any atom is 0.240 e. The molecule has 1 saturated carbocycles. The van der Waals surface area contributed by atoms with Crippen molar-refractivity contribution in [3.63, 3.8) is 0 Å². The first-order chi connectivity index (χ1) is 13.0. The van der Waals surface area contributed by atoms with Gasteiger partial charge in [-0.05, 0) is 43.1 Å². The van der Waals surface area contributed by atoms with E-state index in [2.05, 4.69) is 28.2 Å². The van der Waals surface area contributed by atoms with Gasteiger partial charge in [0, 0.05) is 17.8 Å². The lowest BCUT2D eigenvalue weighted by atomic mass is 9.86. The monoisotopic (exact) mass is 387 g/mol. The smallest absolute Gasteiger partial charge is 0.240 e. The molecule has 144 valence electrons. The van der Waals surface area contributed by atoms with Crippen LogP contribution in [0.4, 0.5) is 0 Å². The van der Waals surface area contributed by atoms with Crippen LogP contribution in [0.3, 0.4) is 0 Å². The van der Waals surface area contributed by atoms with E-state index in [0.29, 0.717) is 34.5 Å². The van der Waals surface area contributed by atoms with Crippen molar-refractivity contribution in [3.8, 4) is 0 Å². The lowest BCUT2D eigenvalue weighted by Crippen LogP contribution is -2.51. The first-order valence-corrected chi connectivity index (χ1v) is 9.75. The molecule has 2 atom stereocenters. The number of para-hydroxylation sites is 1. The van der Waals surface area contributed by atoms with Gasteiger partial charge < -0.3 is 5.32 Å². The van der Waals surface area contributed by atoms with Crippen molar-refractivity contribution in [1.82, 2.24) is 25.9 Å². The summed E-state index contributed by atoms with van der Waals surface area (Å²) < 4.78 is 1.66. The molecule has 1 heterocycles. The standard InChI is InChI=1S/C19H25N5O2S/c1-13-6-2-4-8-15(13)21-19(27)23-22-18(26)10-11-24-16-9-5-3-7-14(16)17(25)12-20-24/h3,5,7,9,12-13,15H,2,4,6,8,10-11H2,1H3,(H,22,26)(H2,21,23,27). The van der Waals surface area contributed by atoms with Gasteiger partial charge in [-0.15, -0.1) is 0 Å². The van der Waals surface area contributed by atoms with E-state index in [1.807, 2.05) is 18.2 Å². The molecular weight excluding hydrogens is 362 g/mol. The fourth-order valence-electron chi connectivity index (χ4n) is 3.47. The lowest BCUT2D eigenvalue weighted by molar-refractivity contribution is -0.121. The van der Waals surface area contributed by atoms with Crippen molar-refractivity contribution in [1.29, 1.82) is 0 Å². The van der Waals surface area contributed by atoms with Gasteiger partial charge in [-0.2, -0.15) is 5.10 Å². The van der Waals surface area contributed by atoms with Gasteiger partial charge in [0.05, 0.1) is 18.3 Å². The second kappa shape index (κ2) is 8.94. The molecular formula is C19H25N5O2S. The summed E-state index contributed by atoms with van der Waals surface area (Å²) in [7, 11) is 0. The summed E-state index contributed by atoms with van der Waals surface area (Å²) in [6.07, 6.45) is 6.27. The summed E-state index contributed by atoms with van der Waals surface area (Å²) in [6, 6.07) is 7.59. The Morgan fingerprint density at radius 3 is 2.85 bits per heavy atom. The molecule has 8 heteroatoms. The molecule has 1 aromatic carbocycles. The van der Waals surface area contributed by atoms with Gasteiger partial charge in [0.15, 0.2) is 5.11 Å². The van der Waals surface area contributed by atoms with Crippen molar-refractivity contribution in [3.05, 3.63) is 40.7 Å². The van der Waals surface area contributed by atoms with Crippen LogP contribution in [0.2, 0.25) is 0 Å². The zero-order valence-electron chi connectivity index (χ0n) is 15.4. The molecule has 2 unspecified atom stereocenters. The van der Waals surface area contributed by atoms with Crippen LogP contribution in [0.25, 0.3) is 10.9 Å². The molecule has 3 rings (SSSR count). The van der Waals surface area contributed by atoms with Gasteiger partial charge in [0.2, 0.25) is 11.3 Å². The number of rotatable bonds is 4. The largest absolute Gasteiger partial charge is 0.358 e. The summed E-state index contributed by atoms with van der Waals surface area (Å²) in [5.74, 6) is 0.384. The molecule has 2 aromatic rings. The Morgan fingerprint density at radius 2 is 2.04 bits per heavy atom. The quantitative estimate of drug-likeness (QED) is 0.548. The molecule has 0 bridgehead atoms. The number of benzene rings is 1. The van der Waals surface area contributed by atoms with Crippen LogP contribution in [0.15, 0.2) is 35.3 Å². The molecule has 3 N–H and O–H groups in total. The van der Waals surface area contributed by atoms with Gasteiger partial charge in [0.1, 0.15) is 0 Å². The lowest BCUT2D eigenvalue weighted by Gasteiger charge is -2.30. The maximum atomic E-state index is 12.1. The number of hydrogen-bond acceptors (Lipinski definition) is 4. The molecule has 1 amide bonds. The second-order valence-electron chi connectivity index (χ2n) is 7.01. The zero-order chi connectivity index (χ0) is 19.2. The first-order valence-electron chi connectivity index (χ1n) is 9.35. The number of carbonyl (C=O) groups excluding carboxylic acids is 1. The summed E-state index contributed by atoms with van der Waals surface area (Å²) in [4.78, 5) is 24.0. The van der Waals surface area contributed by atoms with Crippen LogP contribution < -0.4 is 21.6 Å². The number of aryl methyl sites for hydroxylation is 1. The molecule has 0 saturated heterocycles. The molecule has 0 aliphatic heterocycles. The van der Waals surface area contributed by atoms with Crippen molar-refractivity contribution >= 4 is 34.1 Å². The molecule has 0 radical (unpaired) electrons. The van der Waals surface area contributed by atoms with Crippen LogP contribution in [-0.2, 0) is 11.3 Å². The molecule has 0 spiro atoms. The van der Waals surface area contributed by atoms with Gasteiger partial charge in [-0.3, -0.25) is 25.1 Å². The summed E-state index contributed by atoms with van der Waals surface area (Å²) >= 11 is 5.27. The third kappa shape index (κ3) is 5.03. The first kappa shape index (κ1) is 19.3. The van der Waals surface area contributed by atoms with Crippen LogP contribution in [0, 0.1) is 5.92 Å². The van der Waals surface area contributed by atoms with Crippen LogP contribution in [0.5, 0.6) is 0 Å². The number of amides is 1. The number of hydrogen-bond donors (Lipinski definition) is 3. The van der Waals surface area contributed by atoms with Crippen molar-refractivity contribution < 1.29 is 4.79 Å². The third-order valence-electron chi connectivity index (χ3n) is 5.06.